The summed E-state index contributed by atoms with van der Waals surface area (Å²) < 4.78 is 0. The molecule has 2 aromatic heterocycles. The Balaban J connectivity index is 1.73. The minimum atomic E-state index is -0.584. The second-order valence-electron chi connectivity index (χ2n) is 4.15. The molecule has 1 unspecified atom stereocenters. The first-order valence-electron chi connectivity index (χ1n) is 6.13. The average molecular weight is 293 g/mol. The maximum Gasteiger partial charge on any atom is 0.261 e. The molecule has 0 spiro atoms. The largest absolute Gasteiger partial charge is 0.354 e. The first-order chi connectivity index (χ1) is 9.66. The number of thiophene rings is 1. The predicted octanol–water partition coefficient (Wildman–Crippen LogP) is 0.343. The Hall–Kier alpha value is -2.22. The molecule has 2 rings (SSSR count). The van der Waals surface area contributed by atoms with Crippen LogP contribution in [0, 0.1) is 0 Å². The lowest BCUT2D eigenvalue weighted by Crippen LogP contribution is -2.45. The van der Waals surface area contributed by atoms with Gasteiger partial charge in [-0.2, -0.15) is 5.10 Å². The molecular weight excluding hydrogens is 278 g/mol. The van der Waals surface area contributed by atoms with E-state index < -0.39 is 6.04 Å². The molecule has 3 N–H and O–H groups in total. The fraction of sp³-hybridized carbons (Fsp3) is 0.333. The molecule has 2 amide bonds. The molecule has 0 fully saturated rings. The number of carbonyl (C=O) groups excluding carboxylic acids is 2. The number of hydrogen-bond donors (Lipinski definition) is 3. The van der Waals surface area contributed by atoms with Crippen LogP contribution in [0.5, 0.6) is 0 Å². The molecule has 2 aromatic rings. The van der Waals surface area contributed by atoms with Gasteiger partial charge in [0.05, 0.1) is 4.88 Å². The number of nitrogens with one attached hydrogen (secondary N) is 3. The maximum absolute atomic E-state index is 11.8. The minimum absolute atomic E-state index is 0.227. The lowest BCUT2D eigenvalue weighted by atomic mass is 10.3. The van der Waals surface area contributed by atoms with Crippen LogP contribution in [0.2, 0.25) is 0 Å². The minimum Gasteiger partial charge on any atom is -0.354 e. The first-order valence-corrected chi connectivity index (χ1v) is 7.01. The van der Waals surface area contributed by atoms with E-state index in [2.05, 4.69) is 25.8 Å². The van der Waals surface area contributed by atoms with Gasteiger partial charge >= 0.3 is 0 Å². The van der Waals surface area contributed by atoms with Crippen molar-refractivity contribution in [2.45, 2.75) is 19.4 Å². The summed E-state index contributed by atoms with van der Waals surface area (Å²) in [5.74, 6) is 0.243. The Morgan fingerprint density at radius 1 is 1.50 bits per heavy atom. The highest BCUT2D eigenvalue weighted by Gasteiger charge is 2.16. The van der Waals surface area contributed by atoms with Gasteiger partial charge in [-0.05, 0) is 18.4 Å². The number of hydrogen-bond acceptors (Lipinski definition) is 5. The van der Waals surface area contributed by atoms with Crippen molar-refractivity contribution in [3.8, 4) is 0 Å². The molecule has 0 aliphatic rings. The summed E-state index contributed by atoms with van der Waals surface area (Å²) in [6.45, 7) is 2.09. The van der Waals surface area contributed by atoms with Gasteiger partial charge in [-0.25, -0.2) is 4.98 Å². The van der Waals surface area contributed by atoms with Crippen LogP contribution in [0.1, 0.15) is 22.4 Å². The number of amides is 2. The fourth-order valence-electron chi connectivity index (χ4n) is 1.55. The van der Waals surface area contributed by atoms with Gasteiger partial charge in [0.25, 0.3) is 5.91 Å². The van der Waals surface area contributed by atoms with Crippen molar-refractivity contribution in [2.75, 3.05) is 6.54 Å². The standard InChI is InChI=1S/C12H15N5O2S/c1-8(16-12(19)9-3-2-6-20-9)11(18)13-5-4-10-14-7-15-17-10/h2-3,6-8H,4-5H2,1H3,(H,13,18)(H,16,19)(H,14,15,17). The van der Waals surface area contributed by atoms with E-state index in [4.69, 9.17) is 0 Å². The number of aromatic nitrogens is 3. The molecule has 0 aliphatic carbocycles. The summed E-state index contributed by atoms with van der Waals surface area (Å²) in [5.41, 5.74) is 0. The van der Waals surface area contributed by atoms with Gasteiger partial charge in [0, 0.05) is 13.0 Å². The Morgan fingerprint density at radius 2 is 2.35 bits per heavy atom. The van der Waals surface area contributed by atoms with Gasteiger partial charge in [-0.1, -0.05) is 6.07 Å². The molecule has 1 atom stereocenters. The van der Waals surface area contributed by atoms with Gasteiger partial charge in [-0.15, -0.1) is 11.3 Å². The van der Waals surface area contributed by atoms with E-state index in [1.807, 2.05) is 5.38 Å². The molecule has 0 aromatic carbocycles. The van der Waals surface area contributed by atoms with Crippen LogP contribution in [0.4, 0.5) is 0 Å². The van der Waals surface area contributed by atoms with Crippen molar-refractivity contribution in [1.29, 1.82) is 0 Å². The molecule has 0 saturated heterocycles. The van der Waals surface area contributed by atoms with Crippen molar-refractivity contribution in [2.24, 2.45) is 0 Å². The maximum atomic E-state index is 11.8. The molecule has 7 nitrogen and oxygen atoms in total. The number of nitrogens with zero attached hydrogens (tertiary/aromatic N) is 2. The van der Waals surface area contributed by atoms with Crippen LogP contribution in [-0.2, 0) is 11.2 Å². The van der Waals surface area contributed by atoms with Crippen molar-refractivity contribution < 1.29 is 9.59 Å². The van der Waals surface area contributed by atoms with Crippen LogP contribution in [-0.4, -0.2) is 39.6 Å². The number of H-pyrrole nitrogens is 1. The monoisotopic (exact) mass is 293 g/mol. The van der Waals surface area contributed by atoms with E-state index in [1.165, 1.54) is 17.7 Å². The summed E-state index contributed by atoms with van der Waals surface area (Å²) in [4.78, 5) is 28.1. The van der Waals surface area contributed by atoms with Crippen molar-refractivity contribution in [3.63, 3.8) is 0 Å². The first kappa shape index (κ1) is 14.2. The SMILES string of the molecule is CC(NC(=O)c1cccs1)C(=O)NCCc1ncn[nH]1. The van der Waals surface area contributed by atoms with Gasteiger partial charge < -0.3 is 10.6 Å². The van der Waals surface area contributed by atoms with E-state index in [0.29, 0.717) is 23.7 Å². The highest BCUT2D eigenvalue weighted by molar-refractivity contribution is 7.12. The Bertz CT molecular complexity index is 552. The lowest BCUT2D eigenvalue weighted by molar-refractivity contribution is -0.122. The molecular formula is C12H15N5O2S. The highest BCUT2D eigenvalue weighted by Crippen LogP contribution is 2.08. The number of aromatic amines is 1. The third-order valence-corrected chi connectivity index (χ3v) is 3.48. The summed E-state index contributed by atoms with van der Waals surface area (Å²) in [7, 11) is 0. The van der Waals surface area contributed by atoms with E-state index in [1.54, 1.807) is 19.1 Å². The zero-order chi connectivity index (χ0) is 14.4. The molecule has 20 heavy (non-hydrogen) atoms. The van der Waals surface area contributed by atoms with Crippen molar-refractivity contribution in [3.05, 3.63) is 34.5 Å². The van der Waals surface area contributed by atoms with Gasteiger partial charge in [0.2, 0.25) is 5.91 Å². The molecule has 0 radical (unpaired) electrons. The van der Waals surface area contributed by atoms with E-state index in [0.717, 1.165) is 0 Å². The second-order valence-corrected chi connectivity index (χ2v) is 5.09. The van der Waals surface area contributed by atoms with Gasteiger partial charge in [0.15, 0.2) is 0 Å². The zero-order valence-electron chi connectivity index (χ0n) is 10.9. The average Bonchev–Trinajstić information content (AvgIpc) is 3.11. The quantitative estimate of drug-likeness (QED) is 0.715. The Labute approximate surface area is 119 Å². The molecule has 0 saturated carbocycles. The van der Waals surface area contributed by atoms with Crippen molar-refractivity contribution >= 4 is 23.2 Å². The van der Waals surface area contributed by atoms with Crippen molar-refractivity contribution in [1.82, 2.24) is 25.8 Å². The summed E-state index contributed by atoms with van der Waals surface area (Å²) in [6, 6.07) is 2.93. The van der Waals surface area contributed by atoms with Crippen LogP contribution in [0.25, 0.3) is 0 Å². The number of carbonyl (C=O) groups is 2. The molecule has 106 valence electrons. The molecule has 2 heterocycles. The molecule has 8 heteroatoms. The van der Waals surface area contributed by atoms with Gasteiger partial charge in [-0.3, -0.25) is 14.7 Å². The third-order valence-electron chi connectivity index (χ3n) is 2.61. The van der Waals surface area contributed by atoms with E-state index >= 15 is 0 Å². The third kappa shape index (κ3) is 3.89. The van der Waals surface area contributed by atoms with Crippen LogP contribution in [0.15, 0.2) is 23.8 Å². The normalized spacial score (nSPS) is 11.8. The number of rotatable bonds is 6. The van der Waals surface area contributed by atoms with Crippen LogP contribution in [0.3, 0.4) is 0 Å². The predicted molar refractivity (Wildman–Crippen MR) is 74.3 cm³/mol. The van der Waals surface area contributed by atoms with E-state index in [9.17, 15) is 9.59 Å². The molecule has 0 aliphatic heterocycles. The summed E-state index contributed by atoms with van der Waals surface area (Å²) >= 11 is 1.34. The van der Waals surface area contributed by atoms with E-state index in [-0.39, 0.29) is 11.8 Å². The topological polar surface area (TPSA) is 99.8 Å². The summed E-state index contributed by atoms with van der Waals surface area (Å²) in [5, 5.41) is 13.6. The Kier molecular flexibility index (Phi) is 4.83. The molecule has 0 bridgehead atoms. The highest BCUT2D eigenvalue weighted by atomic mass is 32.1. The van der Waals surface area contributed by atoms with Crippen LogP contribution >= 0.6 is 11.3 Å². The van der Waals surface area contributed by atoms with Gasteiger partial charge in [0.1, 0.15) is 18.2 Å². The zero-order valence-corrected chi connectivity index (χ0v) is 11.7. The smallest absolute Gasteiger partial charge is 0.261 e. The second kappa shape index (κ2) is 6.80. The summed E-state index contributed by atoms with van der Waals surface area (Å²) in [6.07, 6.45) is 1.98. The Morgan fingerprint density at radius 3 is 3.00 bits per heavy atom. The fourth-order valence-corrected chi connectivity index (χ4v) is 2.18. The van der Waals surface area contributed by atoms with Crippen LogP contribution < -0.4 is 10.6 Å². The lowest BCUT2D eigenvalue weighted by Gasteiger charge is -2.13.